The topological polar surface area (TPSA) is 21.6 Å². The van der Waals surface area contributed by atoms with Crippen LogP contribution in [0.1, 0.15) is 19.3 Å². The Hall–Kier alpha value is -0.240. The van der Waals surface area contributed by atoms with Gasteiger partial charge < -0.3 is 4.84 Å². The van der Waals surface area contributed by atoms with Crippen molar-refractivity contribution >= 4 is 17.3 Å². The van der Waals surface area contributed by atoms with E-state index >= 15 is 0 Å². The molecule has 0 amide bonds. The fraction of sp³-hybridized carbons (Fsp3) is 0.833. The lowest BCUT2D eigenvalue weighted by atomic mass is 10.3. The Bertz CT molecular complexity index is 124. The standard InChI is InChI=1S/C6H10ClNO/c1-9-8-6-4-2-3-5(6)7/h5H,2-4H2,1H3. The van der Waals surface area contributed by atoms with Gasteiger partial charge in [-0.2, -0.15) is 0 Å². The number of nitrogens with zero attached hydrogens (tertiary/aromatic N) is 1. The van der Waals surface area contributed by atoms with Crippen molar-refractivity contribution in [3.05, 3.63) is 0 Å². The fourth-order valence-electron chi connectivity index (χ4n) is 1.01. The normalized spacial score (nSPS) is 31.3. The lowest BCUT2D eigenvalue weighted by Crippen LogP contribution is -2.04. The van der Waals surface area contributed by atoms with Crippen LogP contribution < -0.4 is 0 Å². The monoisotopic (exact) mass is 147 g/mol. The minimum Gasteiger partial charge on any atom is -0.399 e. The third-order valence-electron chi connectivity index (χ3n) is 1.46. The highest BCUT2D eigenvalue weighted by molar-refractivity contribution is 6.32. The molecule has 2 nitrogen and oxygen atoms in total. The molecule has 0 aromatic rings. The quantitative estimate of drug-likeness (QED) is 0.409. The second kappa shape index (κ2) is 3.06. The molecule has 52 valence electrons. The lowest BCUT2D eigenvalue weighted by Gasteiger charge is -1.97. The van der Waals surface area contributed by atoms with E-state index in [-0.39, 0.29) is 5.38 Å². The highest BCUT2D eigenvalue weighted by atomic mass is 35.5. The molecule has 1 fully saturated rings. The summed E-state index contributed by atoms with van der Waals surface area (Å²) in [6.07, 6.45) is 3.20. The summed E-state index contributed by atoms with van der Waals surface area (Å²) in [7, 11) is 1.55. The summed E-state index contributed by atoms with van der Waals surface area (Å²) in [4.78, 5) is 4.60. The first kappa shape index (κ1) is 6.87. The van der Waals surface area contributed by atoms with Gasteiger partial charge in [0.2, 0.25) is 0 Å². The van der Waals surface area contributed by atoms with Crippen LogP contribution in [0.3, 0.4) is 0 Å². The number of alkyl halides is 1. The van der Waals surface area contributed by atoms with E-state index in [0.717, 1.165) is 25.0 Å². The Labute approximate surface area is 59.8 Å². The van der Waals surface area contributed by atoms with E-state index < -0.39 is 0 Å². The van der Waals surface area contributed by atoms with Crippen LogP contribution in [-0.2, 0) is 4.84 Å². The Kier molecular flexibility index (Phi) is 2.34. The van der Waals surface area contributed by atoms with Crippen molar-refractivity contribution in [2.75, 3.05) is 7.11 Å². The highest BCUT2D eigenvalue weighted by Crippen LogP contribution is 2.20. The zero-order valence-corrected chi connectivity index (χ0v) is 6.19. The maximum Gasteiger partial charge on any atom is 0.106 e. The maximum absolute atomic E-state index is 5.85. The summed E-state index contributed by atoms with van der Waals surface area (Å²) >= 11 is 5.85. The van der Waals surface area contributed by atoms with E-state index in [4.69, 9.17) is 11.6 Å². The molecule has 1 aliphatic carbocycles. The summed E-state index contributed by atoms with van der Waals surface area (Å²) in [5, 5.41) is 3.92. The molecule has 0 spiro atoms. The van der Waals surface area contributed by atoms with E-state index in [1.807, 2.05) is 0 Å². The zero-order chi connectivity index (χ0) is 6.69. The summed E-state index contributed by atoms with van der Waals surface area (Å²) in [5.74, 6) is 0. The predicted octanol–water partition coefficient (Wildman–Crippen LogP) is 1.78. The predicted molar refractivity (Wildman–Crippen MR) is 37.9 cm³/mol. The van der Waals surface area contributed by atoms with Crippen LogP contribution in [0.15, 0.2) is 5.16 Å². The summed E-state index contributed by atoms with van der Waals surface area (Å²) < 4.78 is 0. The van der Waals surface area contributed by atoms with Gasteiger partial charge in [-0.15, -0.1) is 11.6 Å². The molecule has 0 aromatic heterocycles. The van der Waals surface area contributed by atoms with Gasteiger partial charge in [-0.1, -0.05) is 5.16 Å². The van der Waals surface area contributed by atoms with Crippen molar-refractivity contribution in [1.82, 2.24) is 0 Å². The number of oxime groups is 1. The first-order valence-electron chi connectivity index (χ1n) is 3.08. The lowest BCUT2D eigenvalue weighted by molar-refractivity contribution is 0.212. The molecule has 1 unspecified atom stereocenters. The number of hydrogen-bond donors (Lipinski definition) is 0. The first-order valence-corrected chi connectivity index (χ1v) is 3.52. The second-order valence-corrected chi connectivity index (χ2v) is 2.65. The van der Waals surface area contributed by atoms with Gasteiger partial charge in [-0.25, -0.2) is 0 Å². The van der Waals surface area contributed by atoms with Crippen molar-refractivity contribution in [2.24, 2.45) is 5.16 Å². The Balaban J connectivity index is 2.48. The summed E-state index contributed by atoms with van der Waals surface area (Å²) in [6.45, 7) is 0. The van der Waals surface area contributed by atoms with Gasteiger partial charge in [-0.3, -0.25) is 0 Å². The molecule has 0 saturated heterocycles. The molecular formula is C6H10ClNO. The Morgan fingerprint density at radius 2 is 2.56 bits per heavy atom. The number of rotatable bonds is 1. The largest absolute Gasteiger partial charge is 0.399 e. The Morgan fingerprint density at radius 1 is 1.78 bits per heavy atom. The first-order chi connectivity index (χ1) is 4.34. The number of halogens is 1. The smallest absolute Gasteiger partial charge is 0.106 e. The highest BCUT2D eigenvalue weighted by Gasteiger charge is 2.19. The van der Waals surface area contributed by atoms with Gasteiger partial charge in [0.05, 0.1) is 11.1 Å². The molecule has 0 bridgehead atoms. The van der Waals surface area contributed by atoms with Crippen LogP contribution in [-0.4, -0.2) is 18.2 Å². The van der Waals surface area contributed by atoms with Gasteiger partial charge >= 0.3 is 0 Å². The molecule has 0 radical (unpaired) electrons. The van der Waals surface area contributed by atoms with Gasteiger partial charge in [-0.05, 0) is 19.3 Å². The average Bonchev–Trinajstić information content (AvgIpc) is 2.18. The number of hydrogen-bond acceptors (Lipinski definition) is 2. The third-order valence-corrected chi connectivity index (χ3v) is 1.93. The molecule has 3 heteroatoms. The minimum absolute atomic E-state index is 0.130. The van der Waals surface area contributed by atoms with Gasteiger partial charge in [0.1, 0.15) is 7.11 Å². The second-order valence-electron chi connectivity index (χ2n) is 2.12. The van der Waals surface area contributed by atoms with E-state index in [1.165, 1.54) is 0 Å². The molecule has 1 saturated carbocycles. The van der Waals surface area contributed by atoms with E-state index in [2.05, 4.69) is 9.99 Å². The molecule has 0 aliphatic heterocycles. The van der Waals surface area contributed by atoms with E-state index in [1.54, 1.807) is 7.11 Å². The van der Waals surface area contributed by atoms with Crippen molar-refractivity contribution in [3.63, 3.8) is 0 Å². The third kappa shape index (κ3) is 1.58. The molecule has 0 aromatic carbocycles. The molecule has 9 heavy (non-hydrogen) atoms. The van der Waals surface area contributed by atoms with Crippen molar-refractivity contribution in [1.29, 1.82) is 0 Å². The average molecular weight is 148 g/mol. The van der Waals surface area contributed by atoms with Crippen LogP contribution in [0.5, 0.6) is 0 Å². The van der Waals surface area contributed by atoms with Crippen LogP contribution >= 0.6 is 11.6 Å². The maximum atomic E-state index is 5.85. The van der Waals surface area contributed by atoms with Crippen LogP contribution in [0.25, 0.3) is 0 Å². The van der Waals surface area contributed by atoms with Crippen LogP contribution in [0.2, 0.25) is 0 Å². The van der Waals surface area contributed by atoms with Crippen molar-refractivity contribution in [2.45, 2.75) is 24.6 Å². The van der Waals surface area contributed by atoms with E-state index in [0.29, 0.717) is 0 Å². The molecule has 1 atom stereocenters. The minimum atomic E-state index is 0.130. The van der Waals surface area contributed by atoms with Gasteiger partial charge in [0.15, 0.2) is 0 Å². The van der Waals surface area contributed by atoms with Gasteiger partial charge in [0.25, 0.3) is 0 Å². The van der Waals surface area contributed by atoms with Crippen molar-refractivity contribution < 1.29 is 4.84 Å². The summed E-state index contributed by atoms with van der Waals surface area (Å²) in [5.41, 5.74) is 0.999. The van der Waals surface area contributed by atoms with Crippen LogP contribution in [0.4, 0.5) is 0 Å². The SMILES string of the molecule is CON=C1CCCC1Cl. The molecule has 1 aliphatic rings. The van der Waals surface area contributed by atoms with E-state index in [9.17, 15) is 0 Å². The van der Waals surface area contributed by atoms with Gasteiger partial charge in [0, 0.05) is 0 Å². The molecular weight excluding hydrogens is 138 g/mol. The molecule has 0 N–H and O–H groups in total. The molecule has 0 heterocycles. The fourth-order valence-corrected chi connectivity index (χ4v) is 1.31. The summed E-state index contributed by atoms with van der Waals surface area (Å²) in [6, 6.07) is 0. The zero-order valence-electron chi connectivity index (χ0n) is 5.43. The molecule has 1 rings (SSSR count). The van der Waals surface area contributed by atoms with Crippen molar-refractivity contribution in [3.8, 4) is 0 Å². The Morgan fingerprint density at radius 3 is 3.00 bits per heavy atom. The van der Waals surface area contributed by atoms with Crippen LogP contribution in [0, 0.1) is 0 Å².